The number of nitrogens with one attached hydrogen (secondary N) is 1. The zero-order chi connectivity index (χ0) is 15.2. The van der Waals surface area contributed by atoms with Crippen LogP contribution in [0.2, 0.25) is 0 Å². The van der Waals surface area contributed by atoms with Crippen LogP contribution >= 0.6 is 0 Å². The number of benzene rings is 1. The molecular formula is C17H24FN3. The first-order chi connectivity index (χ1) is 10.2. The number of rotatable bonds is 7. The van der Waals surface area contributed by atoms with Crippen LogP contribution in [0.15, 0.2) is 30.6 Å². The topological polar surface area (TPSA) is 29.9 Å². The molecule has 2 rings (SSSR count). The molecule has 0 bridgehead atoms. The van der Waals surface area contributed by atoms with Crippen molar-refractivity contribution in [2.75, 3.05) is 6.54 Å². The molecule has 0 aliphatic rings. The van der Waals surface area contributed by atoms with Gasteiger partial charge in [-0.2, -0.15) is 0 Å². The van der Waals surface area contributed by atoms with Crippen LogP contribution in [-0.4, -0.2) is 16.1 Å². The van der Waals surface area contributed by atoms with E-state index >= 15 is 0 Å². The Balaban J connectivity index is 2.39. The first-order valence-corrected chi connectivity index (χ1v) is 7.67. The van der Waals surface area contributed by atoms with Gasteiger partial charge in [0.05, 0.1) is 6.04 Å². The molecule has 1 unspecified atom stereocenters. The molecule has 1 atom stereocenters. The van der Waals surface area contributed by atoms with E-state index in [-0.39, 0.29) is 11.9 Å². The van der Waals surface area contributed by atoms with Gasteiger partial charge in [-0.3, -0.25) is 0 Å². The van der Waals surface area contributed by atoms with Gasteiger partial charge in [0, 0.05) is 24.5 Å². The predicted octanol–water partition coefficient (Wildman–Crippen LogP) is 3.83. The Morgan fingerprint density at radius 2 is 2.10 bits per heavy atom. The van der Waals surface area contributed by atoms with E-state index in [1.807, 2.05) is 25.3 Å². The van der Waals surface area contributed by atoms with E-state index in [4.69, 9.17) is 0 Å². The summed E-state index contributed by atoms with van der Waals surface area (Å²) in [5.41, 5.74) is 1.60. The molecule has 4 heteroatoms. The Bertz CT molecular complexity index is 577. The van der Waals surface area contributed by atoms with Crippen molar-refractivity contribution < 1.29 is 4.39 Å². The Morgan fingerprint density at radius 1 is 1.29 bits per heavy atom. The molecule has 114 valence electrons. The predicted molar refractivity (Wildman–Crippen MR) is 83.8 cm³/mol. The average Bonchev–Trinajstić information content (AvgIpc) is 2.90. The average molecular weight is 289 g/mol. The van der Waals surface area contributed by atoms with Gasteiger partial charge >= 0.3 is 0 Å². The minimum atomic E-state index is -0.202. The van der Waals surface area contributed by atoms with Gasteiger partial charge in [0.1, 0.15) is 11.6 Å². The Morgan fingerprint density at radius 3 is 2.76 bits per heavy atom. The molecule has 1 aromatic carbocycles. The van der Waals surface area contributed by atoms with Crippen molar-refractivity contribution in [2.24, 2.45) is 0 Å². The zero-order valence-corrected chi connectivity index (χ0v) is 13.1. The number of halogens is 1. The molecule has 0 aliphatic heterocycles. The van der Waals surface area contributed by atoms with E-state index in [1.54, 1.807) is 12.3 Å². The normalized spacial score (nSPS) is 12.6. The second-order valence-corrected chi connectivity index (χ2v) is 5.39. The number of aryl methyl sites for hydroxylation is 2. The minimum Gasteiger partial charge on any atom is -0.333 e. The van der Waals surface area contributed by atoms with Crippen LogP contribution in [0.5, 0.6) is 0 Å². The molecular weight excluding hydrogens is 265 g/mol. The van der Waals surface area contributed by atoms with E-state index in [2.05, 4.69) is 28.7 Å². The maximum atomic E-state index is 14.4. The highest BCUT2D eigenvalue weighted by Crippen LogP contribution is 2.24. The van der Waals surface area contributed by atoms with Crippen molar-refractivity contribution in [1.82, 2.24) is 14.9 Å². The molecule has 2 aromatic rings. The summed E-state index contributed by atoms with van der Waals surface area (Å²) in [6.07, 6.45) is 5.78. The van der Waals surface area contributed by atoms with Gasteiger partial charge in [-0.25, -0.2) is 9.37 Å². The lowest BCUT2D eigenvalue weighted by molar-refractivity contribution is 0.504. The lowest BCUT2D eigenvalue weighted by Crippen LogP contribution is -2.27. The van der Waals surface area contributed by atoms with Crippen molar-refractivity contribution in [3.8, 4) is 0 Å². The monoisotopic (exact) mass is 289 g/mol. The smallest absolute Gasteiger partial charge is 0.130 e. The maximum absolute atomic E-state index is 14.4. The second kappa shape index (κ2) is 7.36. The molecule has 1 heterocycles. The van der Waals surface area contributed by atoms with E-state index in [9.17, 15) is 4.39 Å². The molecule has 21 heavy (non-hydrogen) atoms. The van der Waals surface area contributed by atoms with Gasteiger partial charge in [0.15, 0.2) is 0 Å². The van der Waals surface area contributed by atoms with Gasteiger partial charge < -0.3 is 9.88 Å². The van der Waals surface area contributed by atoms with Gasteiger partial charge in [-0.15, -0.1) is 0 Å². The number of hydrogen-bond acceptors (Lipinski definition) is 2. The summed E-state index contributed by atoms with van der Waals surface area (Å²) in [7, 11) is 0. The van der Waals surface area contributed by atoms with E-state index in [1.165, 1.54) is 0 Å². The standard InChI is InChI=1S/C17H24FN3/c1-4-8-19-16(14-7-6-13(3)12-15(14)18)17-20-9-11-21(17)10-5-2/h6-7,9,11-12,16,19H,4-5,8,10H2,1-3H3. The first kappa shape index (κ1) is 15.7. The van der Waals surface area contributed by atoms with Crippen LogP contribution in [0.25, 0.3) is 0 Å². The SMILES string of the molecule is CCCNC(c1ccc(C)cc1F)c1nccn1CCC. The summed E-state index contributed by atoms with van der Waals surface area (Å²) in [5.74, 6) is 0.711. The highest BCUT2D eigenvalue weighted by molar-refractivity contribution is 5.30. The van der Waals surface area contributed by atoms with Crippen LogP contribution in [0.4, 0.5) is 4.39 Å². The molecule has 0 saturated carbocycles. The molecule has 0 spiro atoms. The van der Waals surface area contributed by atoms with E-state index in [0.717, 1.165) is 37.3 Å². The van der Waals surface area contributed by atoms with Crippen LogP contribution < -0.4 is 5.32 Å². The molecule has 1 aromatic heterocycles. The molecule has 0 amide bonds. The van der Waals surface area contributed by atoms with Gasteiger partial charge in [-0.05, 0) is 37.9 Å². The summed E-state index contributed by atoms with van der Waals surface area (Å²) >= 11 is 0. The molecule has 0 fully saturated rings. The lowest BCUT2D eigenvalue weighted by Gasteiger charge is -2.21. The summed E-state index contributed by atoms with van der Waals surface area (Å²) < 4.78 is 16.5. The Hall–Kier alpha value is -1.68. The lowest BCUT2D eigenvalue weighted by atomic mass is 10.0. The van der Waals surface area contributed by atoms with Crippen LogP contribution in [0.1, 0.15) is 49.7 Å². The zero-order valence-electron chi connectivity index (χ0n) is 13.1. The first-order valence-electron chi connectivity index (χ1n) is 7.67. The summed E-state index contributed by atoms with van der Waals surface area (Å²) in [5, 5.41) is 3.42. The quantitative estimate of drug-likeness (QED) is 0.839. The van der Waals surface area contributed by atoms with Gasteiger partial charge in [0.25, 0.3) is 0 Å². The highest BCUT2D eigenvalue weighted by Gasteiger charge is 2.21. The van der Waals surface area contributed by atoms with Crippen LogP contribution in [-0.2, 0) is 6.54 Å². The van der Waals surface area contributed by atoms with Crippen LogP contribution in [0.3, 0.4) is 0 Å². The Kier molecular flexibility index (Phi) is 5.51. The molecule has 1 N–H and O–H groups in total. The number of imidazole rings is 1. The van der Waals surface area contributed by atoms with E-state index in [0.29, 0.717) is 5.56 Å². The highest BCUT2D eigenvalue weighted by atomic mass is 19.1. The summed E-state index contributed by atoms with van der Waals surface area (Å²) in [4.78, 5) is 4.46. The van der Waals surface area contributed by atoms with Gasteiger partial charge in [-0.1, -0.05) is 26.0 Å². The summed E-state index contributed by atoms with van der Waals surface area (Å²) in [6, 6.07) is 5.20. The minimum absolute atomic E-state index is 0.172. The van der Waals surface area contributed by atoms with Crippen molar-refractivity contribution in [2.45, 2.75) is 46.2 Å². The third-order valence-electron chi connectivity index (χ3n) is 3.54. The number of hydrogen-bond donors (Lipinski definition) is 1. The largest absolute Gasteiger partial charge is 0.333 e. The summed E-state index contributed by atoms with van der Waals surface area (Å²) in [6.45, 7) is 7.86. The fourth-order valence-electron chi connectivity index (χ4n) is 2.51. The number of aromatic nitrogens is 2. The number of nitrogens with zero attached hydrogens (tertiary/aromatic N) is 2. The molecule has 3 nitrogen and oxygen atoms in total. The van der Waals surface area contributed by atoms with Crippen LogP contribution in [0, 0.1) is 12.7 Å². The Labute approximate surface area is 126 Å². The fraction of sp³-hybridized carbons (Fsp3) is 0.471. The third-order valence-corrected chi connectivity index (χ3v) is 3.54. The molecule has 0 radical (unpaired) electrons. The fourth-order valence-corrected chi connectivity index (χ4v) is 2.51. The van der Waals surface area contributed by atoms with Crippen molar-refractivity contribution in [1.29, 1.82) is 0 Å². The van der Waals surface area contributed by atoms with Crippen molar-refractivity contribution >= 4 is 0 Å². The van der Waals surface area contributed by atoms with Gasteiger partial charge in [0.2, 0.25) is 0 Å². The van der Waals surface area contributed by atoms with E-state index < -0.39 is 0 Å². The van der Waals surface area contributed by atoms with Crippen molar-refractivity contribution in [3.05, 3.63) is 53.4 Å². The molecule has 0 saturated heterocycles. The van der Waals surface area contributed by atoms with Crippen molar-refractivity contribution in [3.63, 3.8) is 0 Å². The molecule has 0 aliphatic carbocycles. The second-order valence-electron chi connectivity index (χ2n) is 5.39. The maximum Gasteiger partial charge on any atom is 0.130 e. The third kappa shape index (κ3) is 3.70.